The zero-order valence-corrected chi connectivity index (χ0v) is 14.5. The van der Waals surface area contributed by atoms with Crippen LogP contribution in [0.2, 0.25) is 0 Å². The van der Waals surface area contributed by atoms with E-state index >= 15 is 0 Å². The van der Waals surface area contributed by atoms with Crippen molar-refractivity contribution in [2.75, 3.05) is 11.9 Å². The summed E-state index contributed by atoms with van der Waals surface area (Å²) in [5, 5.41) is 5.44. The molecule has 1 rings (SSSR count). The van der Waals surface area contributed by atoms with Crippen LogP contribution in [-0.4, -0.2) is 18.5 Å². The molecule has 128 valence electrons. The zero-order valence-electron chi connectivity index (χ0n) is 14.5. The van der Waals surface area contributed by atoms with Crippen LogP contribution in [0.3, 0.4) is 0 Å². The molecule has 0 saturated carbocycles. The van der Waals surface area contributed by atoms with Gasteiger partial charge >= 0.3 is 12.0 Å². The van der Waals surface area contributed by atoms with Crippen molar-refractivity contribution in [3.05, 3.63) is 24.3 Å². The fourth-order valence-corrected chi connectivity index (χ4v) is 2.40. The Morgan fingerprint density at radius 2 is 1.96 bits per heavy atom. The number of nitrogens with one attached hydrogen (secondary N) is 2. The predicted molar refractivity (Wildman–Crippen MR) is 92.6 cm³/mol. The minimum absolute atomic E-state index is 0.245. The number of hydrogen-bond donors (Lipinski definition) is 2. The molecule has 0 spiro atoms. The predicted octanol–water partition coefficient (Wildman–Crippen LogP) is 4.20. The average molecular weight is 320 g/mol. The fourth-order valence-electron chi connectivity index (χ4n) is 2.40. The maximum atomic E-state index is 12.0. The SMILES string of the molecule is CCCNC(=O)Nc1cccc(OC(=O)CC(C)CC(C)C)c1. The summed E-state index contributed by atoms with van der Waals surface area (Å²) in [4.78, 5) is 23.6. The van der Waals surface area contributed by atoms with Crippen LogP contribution in [-0.2, 0) is 4.79 Å². The van der Waals surface area contributed by atoms with Gasteiger partial charge in [0.15, 0.2) is 0 Å². The molecule has 0 aromatic heterocycles. The summed E-state index contributed by atoms with van der Waals surface area (Å²) in [6.45, 7) is 8.94. The van der Waals surface area contributed by atoms with Crippen LogP contribution in [0.25, 0.3) is 0 Å². The normalized spacial score (nSPS) is 11.9. The molecular weight excluding hydrogens is 292 g/mol. The van der Waals surface area contributed by atoms with Gasteiger partial charge in [0.25, 0.3) is 0 Å². The highest BCUT2D eigenvalue weighted by molar-refractivity contribution is 5.89. The summed E-state index contributed by atoms with van der Waals surface area (Å²) >= 11 is 0. The van der Waals surface area contributed by atoms with Crippen LogP contribution in [0.4, 0.5) is 10.5 Å². The Bertz CT molecular complexity index is 515. The first-order valence-electron chi connectivity index (χ1n) is 8.26. The van der Waals surface area contributed by atoms with Gasteiger partial charge in [-0.05, 0) is 36.8 Å². The smallest absolute Gasteiger partial charge is 0.319 e. The molecule has 23 heavy (non-hydrogen) atoms. The molecule has 1 aromatic rings. The number of carbonyl (C=O) groups excluding carboxylic acids is 2. The van der Waals surface area contributed by atoms with Crippen molar-refractivity contribution >= 4 is 17.7 Å². The number of anilines is 1. The van der Waals surface area contributed by atoms with E-state index in [0.717, 1.165) is 12.8 Å². The number of hydrogen-bond acceptors (Lipinski definition) is 3. The summed E-state index contributed by atoms with van der Waals surface area (Å²) in [7, 11) is 0. The lowest BCUT2D eigenvalue weighted by Gasteiger charge is -2.13. The van der Waals surface area contributed by atoms with Crippen LogP contribution >= 0.6 is 0 Å². The average Bonchev–Trinajstić information content (AvgIpc) is 2.44. The zero-order chi connectivity index (χ0) is 17.2. The van der Waals surface area contributed by atoms with Gasteiger partial charge in [-0.1, -0.05) is 33.8 Å². The molecule has 5 nitrogen and oxygen atoms in total. The molecule has 0 saturated heterocycles. The number of esters is 1. The Labute approximate surface area is 138 Å². The molecule has 1 atom stereocenters. The van der Waals surface area contributed by atoms with Crippen LogP contribution in [0, 0.1) is 11.8 Å². The number of urea groups is 1. The molecule has 0 aliphatic rings. The lowest BCUT2D eigenvalue weighted by Crippen LogP contribution is -2.29. The number of carbonyl (C=O) groups is 2. The van der Waals surface area contributed by atoms with Gasteiger partial charge in [0, 0.05) is 24.7 Å². The van der Waals surface area contributed by atoms with Crippen LogP contribution < -0.4 is 15.4 Å². The third-order valence-electron chi connectivity index (χ3n) is 3.25. The van der Waals surface area contributed by atoms with Crippen molar-refractivity contribution in [3.8, 4) is 5.75 Å². The van der Waals surface area contributed by atoms with Gasteiger partial charge in [-0.3, -0.25) is 4.79 Å². The van der Waals surface area contributed by atoms with Gasteiger partial charge in [-0.15, -0.1) is 0 Å². The van der Waals surface area contributed by atoms with Crippen molar-refractivity contribution in [1.29, 1.82) is 0 Å². The molecule has 2 N–H and O–H groups in total. The van der Waals surface area contributed by atoms with Gasteiger partial charge < -0.3 is 15.4 Å². The number of ether oxygens (including phenoxy) is 1. The number of rotatable bonds is 8. The molecular formula is C18H28N2O3. The first-order valence-corrected chi connectivity index (χ1v) is 8.26. The quantitative estimate of drug-likeness (QED) is 0.557. The second kappa shape index (κ2) is 9.87. The number of benzene rings is 1. The molecule has 0 heterocycles. The van der Waals surface area contributed by atoms with E-state index in [2.05, 4.69) is 31.4 Å². The molecule has 1 unspecified atom stereocenters. The van der Waals surface area contributed by atoms with Crippen molar-refractivity contribution in [2.45, 2.75) is 47.0 Å². The second-order valence-corrected chi connectivity index (χ2v) is 6.32. The molecule has 1 aromatic carbocycles. The molecule has 0 bridgehead atoms. The minimum Gasteiger partial charge on any atom is -0.426 e. The van der Waals surface area contributed by atoms with E-state index in [9.17, 15) is 9.59 Å². The van der Waals surface area contributed by atoms with Gasteiger partial charge in [0.1, 0.15) is 5.75 Å². The molecule has 5 heteroatoms. The van der Waals surface area contributed by atoms with E-state index in [1.165, 1.54) is 0 Å². The third kappa shape index (κ3) is 8.24. The van der Waals surface area contributed by atoms with E-state index in [0.29, 0.717) is 36.2 Å². The minimum atomic E-state index is -0.263. The second-order valence-electron chi connectivity index (χ2n) is 6.32. The van der Waals surface area contributed by atoms with E-state index in [1.54, 1.807) is 24.3 Å². The number of amides is 2. The van der Waals surface area contributed by atoms with E-state index in [-0.39, 0.29) is 12.0 Å². The topological polar surface area (TPSA) is 67.4 Å². The Morgan fingerprint density at radius 3 is 2.61 bits per heavy atom. The summed E-state index contributed by atoms with van der Waals surface area (Å²) in [6.07, 6.45) is 2.26. The Hall–Kier alpha value is -2.04. The highest BCUT2D eigenvalue weighted by atomic mass is 16.5. The molecule has 0 aliphatic heterocycles. The summed E-state index contributed by atoms with van der Waals surface area (Å²) in [5.41, 5.74) is 0.596. The van der Waals surface area contributed by atoms with E-state index in [4.69, 9.17) is 4.74 Å². The monoisotopic (exact) mass is 320 g/mol. The Kier molecular flexibility index (Phi) is 8.16. The fraction of sp³-hybridized carbons (Fsp3) is 0.556. The van der Waals surface area contributed by atoms with Gasteiger partial charge in [-0.2, -0.15) is 0 Å². The maximum Gasteiger partial charge on any atom is 0.319 e. The summed E-state index contributed by atoms with van der Waals surface area (Å²) in [5.74, 6) is 1.06. The van der Waals surface area contributed by atoms with Crippen LogP contribution in [0.15, 0.2) is 24.3 Å². The highest BCUT2D eigenvalue weighted by Crippen LogP contribution is 2.20. The summed E-state index contributed by atoms with van der Waals surface area (Å²) < 4.78 is 5.36. The molecule has 0 aliphatic carbocycles. The van der Waals surface area contributed by atoms with Crippen LogP contribution in [0.5, 0.6) is 5.75 Å². The molecule has 2 amide bonds. The highest BCUT2D eigenvalue weighted by Gasteiger charge is 2.13. The molecule has 0 fully saturated rings. The first-order chi connectivity index (χ1) is 10.9. The summed E-state index contributed by atoms with van der Waals surface area (Å²) in [6, 6.07) is 6.59. The lowest BCUT2D eigenvalue weighted by molar-refractivity contribution is -0.135. The largest absolute Gasteiger partial charge is 0.426 e. The van der Waals surface area contributed by atoms with Crippen molar-refractivity contribution in [2.24, 2.45) is 11.8 Å². The first kappa shape index (κ1) is 19.0. The van der Waals surface area contributed by atoms with Crippen molar-refractivity contribution < 1.29 is 14.3 Å². The van der Waals surface area contributed by atoms with E-state index < -0.39 is 0 Å². The van der Waals surface area contributed by atoms with Crippen molar-refractivity contribution in [1.82, 2.24) is 5.32 Å². The van der Waals surface area contributed by atoms with Crippen molar-refractivity contribution in [3.63, 3.8) is 0 Å². The van der Waals surface area contributed by atoms with Gasteiger partial charge in [0.2, 0.25) is 0 Å². The van der Waals surface area contributed by atoms with Gasteiger partial charge in [0.05, 0.1) is 0 Å². The van der Waals surface area contributed by atoms with Gasteiger partial charge in [-0.25, -0.2) is 4.79 Å². The standard InChI is InChI=1S/C18H28N2O3/c1-5-9-19-18(22)20-15-7-6-8-16(12-15)23-17(21)11-14(4)10-13(2)3/h6-8,12-14H,5,9-11H2,1-4H3,(H2,19,20,22). The third-order valence-corrected chi connectivity index (χ3v) is 3.25. The Balaban J connectivity index is 2.53. The molecule has 0 radical (unpaired) electrons. The lowest BCUT2D eigenvalue weighted by atomic mass is 9.96. The van der Waals surface area contributed by atoms with Crippen LogP contribution in [0.1, 0.15) is 47.0 Å². The maximum absolute atomic E-state index is 12.0. The Morgan fingerprint density at radius 1 is 1.22 bits per heavy atom. The van der Waals surface area contributed by atoms with E-state index in [1.807, 2.05) is 6.92 Å².